The zero-order chi connectivity index (χ0) is 20.6. The SMILES string of the molecule is COc1cc(C2CCCN(C(=O)OC(C)(C)C)C2)nc2c(-c3ccoc3)cnn12. The Morgan fingerprint density at radius 2 is 2.17 bits per heavy atom. The van der Waals surface area contributed by atoms with Gasteiger partial charge in [-0.2, -0.15) is 9.61 Å². The van der Waals surface area contributed by atoms with Crippen molar-refractivity contribution < 1.29 is 18.7 Å². The molecule has 154 valence electrons. The quantitative estimate of drug-likeness (QED) is 0.660. The lowest BCUT2D eigenvalue weighted by molar-refractivity contribution is 0.0197. The number of likely N-dealkylation sites (tertiary alicyclic amines) is 1. The van der Waals surface area contributed by atoms with Crippen LogP contribution in [-0.4, -0.2) is 51.4 Å². The summed E-state index contributed by atoms with van der Waals surface area (Å²) in [5.41, 5.74) is 2.86. The van der Waals surface area contributed by atoms with Crippen molar-refractivity contribution in [3.8, 4) is 17.0 Å². The average Bonchev–Trinajstić information content (AvgIpc) is 3.35. The highest BCUT2D eigenvalue weighted by Crippen LogP contribution is 2.32. The number of rotatable bonds is 3. The summed E-state index contributed by atoms with van der Waals surface area (Å²) in [4.78, 5) is 19.2. The van der Waals surface area contributed by atoms with E-state index in [2.05, 4.69) is 5.10 Å². The highest BCUT2D eigenvalue weighted by atomic mass is 16.6. The number of ether oxygens (including phenoxy) is 2. The van der Waals surface area contributed by atoms with Crippen molar-refractivity contribution in [2.75, 3.05) is 20.2 Å². The molecule has 0 aromatic carbocycles. The third kappa shape index (κ3) is 3.92. The summed E-state index contributed by atoms with van der Waals surface area (Å²) < 4.78 is 18.0. The van der Waals surface area contributed by atoms with Gasteiger partial charge in [0.15, 0.2) is 5.65 Å². The first-order valence-corrected chi connectivity index (χ1v) is 9.79. The van der Waals surface area contributed by atoms with E-state index in [1.54, 1.807) is 35.2 Å². The summed E-state index contributed by atoms with van der Waals surface area (Å²) in [6.07, 6.45) is 6.61. The van der Waals surface area contributed by atoms with Crippen molar-refractivity contribution in [3.63, 3.8) is 0 Å². The van der Waals surface area contributed by atoms with E-state index in [-0.39, 0.29) is 12.0 Å². The second kappa shape index (κ2) is 7.42. The molecule has 1 fully saturated rings. The molecule has 29 heavy (non-hydrogen) atoms. The van der Waals surface area contributed by atoms with Crippen molar-refractivity contribution in [2.24, 2.45) is 0 Å². The fourth-order valence-electron chi connectivity index (χ4n) is 3.64. The largest absolute Gasteiger partial charge is 0.481 e. The molecule has 1 saturated heterocycles. The van der Waals surface area contributed by atoms with Crippen molar-refractivity contribution >= 4 is 11.7 Å². The Labute approximate surface area is 169 Å². The van der Waals surface area contributed by atoms with Crippen molar-refractivity contribution in [1.82, 2.24) is 19.5 Å². The number of methoxy groups -OCH3 is 1. The van der Waals surface area contributed by atoms with Gasteiger partial charge in [-0.05, 0) is 39.7 Å². The van der Waals surface area contributed by atoms with Gasteiger partial charge in [0.1, 0.15) is 5.60 Å². The average molecular weight is 398 g/mol. The molecule has 8 nitrogen and oxygen atoms in total. The van der Waals surface area contributed by atoms with E-state index in [4.69, 9.17) is 18.9 Å². The van der Waals surface area contributed by atoms with Crippen LogP contribution < -0.4 is 4.74 Å². The molecule has 0 spiro atoms. The van der Waals surface area contributed by atoms with Crippen LogP contribution in [0.1, 0.15) is 45.2 Å². The zero-order valence-electron chi connectivity index (χ0n) is 17.2. The van der Waals surface area contributed by atoms with Gasteiger partial charge in [-0.25, -0.2) is 9.78 Å². The number of aromatic nitrogens is 3. The molecule has 4 heterocycles. The van der Waals surface area contributed by atoms with E-state index in [1.165, 1.54) is 0 Å². The summed E-state index contributed by atoms with van der Waals surface area (Å²) in [5.74, 6) is 0.705. The Morgan fingerprint density at radius 3 is 2.86 bits per heavy atom. The summed E-state index contributed by atoms with van der Waals surface area (Å²) in [6, 6.07) is 3.78. The van der Waals surface area contributed by atoms with Crippen molar-refractivity contribution in [3.05, 3.63) is 36.5 Å². The highest BCUT2D eigenvalue weighted by Gasteiger charge is 2.30. The number of piperidine rings is 1. The number of fused-ring (bicyclic) bond motifs is 1. The molecule has 0 radical (unpaired) electrons. The van der Waals surface area contributed by atoms with Gasteiger partial charge in [0.25, 0.3) is 0 Å². The molecule has 1 atom stereocenters. The summed E-state index contributed by atoms with van der Waals surface area (Å²) in [5, 5.41) is 4.42. The van der Waals surface area contributed by atoms with Gasteiger partial charge >= 0.3 is 6.09 Å². The van der Waals surface area contributed by atoms with Crippen LogP contribution in [0.2, 0.25) is 0 Å². The maximum atomic E-state index is 12.5. The van der Waals surface area contributed by atoms with E-state index in [0.717, 1.165) is 29.7 Å². The predicted octanol–water partition coefficient (Wildman–Crippen LogP) is 4.11. The Bertz CT molecular complexity index is 1000. The summed E-state index contributed by atoms with van der Waals surface area (Å²) in [6.45, 7) is 6.89. The van der Waals surface area contributed by atoms with E-state index in [9.17, 15) is 4.79 Å². The number of carbonyl (C=O) groups excluding carboxylic acids is 1. The van der Waals surface area contributed by atoms with Gasteiger partial charge < -0.3 is 18.8 Å². The van der Waals surface area contributed by atoms with Crippen LogP contribution in [0.25, 0.3) is 16.8 Å². The molecule has 4 rings (SSSR count). The maximum absolute atomic E-state index is 12.5. The molecule has 0 saturated carbocycles. The van der Waals surface area contributed by atoms with Gasteiger partial charge in [-0.15, -0.1) is 0 Å². The number of amides is 1. The van der Waals surface area contributed by atoms with Gasteiger partial charge in [-0.3, -0.25) is 0 Å². The van der Waals surface area contributed by atoms with Crippen LogP contribution in [0.5, 0.6) is 5.88 Å². The number of carbonyl (C=O) groups is 1. The van der Waals surface area contributed by atoms with Gasteiger partial charge in [0.05, 0.1) is 31.5 Å². The first-order chi connectivity index (χ1) is 13.9. The van der Waals surface area contributed by atoms with Crippen LogP contribution in [0.3, 0.4) is 0 Å². The van der Waals surface area contributed by atoms with Crippen LogP contribution >= 0.6 is 0 Å². The molecule has 1 aliphatic heterocycles. The zero-order valence-corrected chi connectivity index (χ0v) is 17.2. The molecule has 3 aromatic rings. The monoisotopic (exact) mass is 398 g/mol. The van der Waals surface area contributed by atoms with Crippen LogP contribution in [0, 0.1) is 0 Å². The minimum absolute atomic E-state index is 0.0993. The number of hydrogen-bond acceptors (Lipinski definition) is 6. The standard InChI is InChI=1S/C21H26N4O4/c1-21(2,3)29-20(26)24-8-5-6-14(12-24)17-10-18(27-4)25-19(23-17)16(11-22-25)15-7-9-28-13-15/h7,9-11,13-14H,5-6,8,12H2,1-4H3. The van der Waals surface area contributed by atoms with Crippen molar-refractivity contribution in [1.29, 1.82) is 0 Å². The second-order valence-electron chi connectivity index (χ2n) is 8.29. The Hall–Kier alpha value is -3.03. The molecule has 1 aliphatic rings. The van der Waals surface area contributed by atoms with Crippen molar-refractivity contribution in [2.45, 2.75) is 45.1 Å². The smallest absolute Gasteiger partial charge is 0.410 e. The molecule has 0 N–H and O–H groups in total. The molecule has 0 bridgehead atoms. The van der Waals surface area contributed by atoms with Crippen LogP contribution in [0.4, 0.5) is 4.79 Å². The second-order valence-corrected chi connectivity index (χ2v) is 8.29. The highest BCUT2D eigenvalue weighted by molar-refractivity contribution is 5.76. The first-order valence-electron chi connectivity index (χ1n) is 9.79. The normalized spacial score (nSPS) is 17.5. The summed E-state index contributed by atoms with van der Waals surface area (Å²) in [7, 11) is 1.62. The van der Waals surface area contributed by atoms with Gasteiger partial charge in [0.2, 0.25) is 5.88 Å². The first kappa shape index (κ1) is 19.3. The van der Waals surface area contributed by atoms with E-state index in [1.807, 2.05) is 32.9 Å². The number of nitrogens with zero attached hydrogens (tertiary/aromatic N) is 4. The van der Waals surface area contributed by atoms with Gasteiger partial charge in [0, 0.05) is 36.2 Å². The molecular weight excluding hydrogens is 372 g/mol. The Morgan fingerprint density at radius 1 is 1.34 bits per heavy atom. The number of hydrogen-bond donors (Lipinski definition) is 0. The molecule has 1 amide bonds. The maximum Gasteiger partial charge on any atom is 0.410 e. The predicted molar refractivity (Wildman–Crippen MR) is 107 cm³/mol. The lowest BCUT2D eigenvalue weighted by Crippen LogP contribution is -2.42. The Kier molecular flexibility index (Phi) is 4.94. The van der Waals surface area contributed by atoms with E-state index >= 15 is 0 Å². The minimum atomic E-state index is -0.512. The summed E-state index contributed by atoms with van der Waals surface area (Å²) >= 11 is 0. The molecule has 0 aliphatic carbocycles. The third-order valence-corrected chi connectivity index (χ3v) is 4.99. The Balaban J connectivity index is 1.66. The lowest BCUT2D eigenvalue weighted by atomic mass is 9.94. The molecule has 1 unspecified atom stereocenters. The fourth-order valence-corrected chi connectivity index (χ4v) is 3.64. The third-order valence-electron chi connectivity index (χ3n) is 4.99. The van der Waals surface area contributed by atoms with Gasteiger partial charge in [-0.1, -0.05) is 0 Å². The molecular formula is C21H26N4O4. The molecule has 8 heteroatoms. The topological polar surface area (TPSA) is 82.1 Å². The fraction of sp³-hybridized carbons (Fsp3) is 0.476. The van der Waals surface area contributed by atoms with E-state index < -0.39 is 5.60 Å². The van der Waals surface area contributed by atoms with Crippen LogP contribution in [-0.2, 0) is 4.74 Å². The minimum Gasteiger partial charge on any atom is -0.481 e. The number of furan rings is 1. The molecule has 3 aromatic heterocycles. The van der Waals surface area contributed by atoms with Crippen LogP contribution in [0.15, 0.2) is 35.3 Å². The lowest BCUT2D eigenvalue weighted by Gasteiger charge is -2.34. The van der Waals surface area contributed by atoms with E-state index in [0.29, 0.717) is 24.6 Å².